The van der Waals surface area contributed by atoms with Crippen molar-refractivity contribution in [3.8, 4) is 56.3 Å². The summed E-state index contributed by atoms with van der Waals surface area (Å²) < 4.78 is 11.1. The van der Waals surface area contributed by atoms with Gasteiger partial charge < -0.3 is 0 Å². The molecule has 0 saturated carbocycles. The molecule has 0 aliphatic rings. The van der Waals surface area contributed by atoms with Crippen molar-refractivity contribution in [3.63, 3.8) is 0 Å². The van der Waals surface area contributed by atoms with Crippen LogP contribution in [-0.2, 0) is 60.9 Å². The second-order valence-electron chi connectivity index (χ2n) is 27.0. The monoisotopic (exact) mass is 1190 g/mol. The molecule has 10 aromatic rings. The first kappa shape index (κ1) is 69.9. The van der Waals surface area contributed by atoms with E-state index in [4.69, 9.17) is 0 Å². The summed E-state index contributed by atoms with van der Waals surface area (Å²) in [6.07, 6.45) is 16.8. The Bertz CT molecular complexity index is 3870. The van der Waals surface area contributed by atoms with E-state index in [0.29, 0.717) is 23.2 Å². The number of aromatic nitrogens is 5. The average Bonchev–Trinajstić information content (AvgIpc) is 3.44. The van der Waals surface area contributed by atoms with Gasteiger partial charge in [0.2, 0.25) is 28.5 Å². The van der Waals surface area contributed by atoms with Crippen LogP contribution in [0.5, 0.6) is 0 Å². The first-order chi connectivity index (χ1) is 42.3. The smallest absolute Gasteiger partial charge is 0.201 e. The predicted molar refractivity (Wildman–Crippen MR) is 377 cm³/mol. The fraction of sp³-hybridized carbons (Fsp3) is 0.345. The Morgan fingerprint density at radius 1 is 0.337 bits per heavy atom. The van der Waals surface area contributed by atoms with Gasteiger partial charge in [-0.15, -0.1) is 0 Å². The van der Waals surface area contributed by atoms with Gasteiger partial charge in [-0.2, -0.15) is 0 Å². The molecule has 0 fully saturated rings. The van der Waals surface area contributed by atoms with Crippen LogP contribution >= 0.6 is 0 Å². The zero-order valence-corrected chi connectivity index (χ0v) is 58.2. The summed E-state index contributed by atoms with van der Waals surface area (Å²) in [7, 11) is 10.6. The predicted octanol–water partition coefficient (Wildman–Crippen LogP) is 18.5. The molecule has 0 radical (unpaired) electrons. The van der Waals surface area contributed by atoms with Crippen molar-refractivity contribution in [2.45, 2.75) is 142 Å². The topological polar surface area (TPSA) is 19.4 Å². The van der Waals surface area contributed by atoms with Crippen LogP contribution < -0.4 is 22.8 Å². The second kappa shape index (κ2) is 33.4. The zero-order valence-electron chi connectivity index (χ0n) is 58.2. The molecule has 5 heterocycles. The van der Waals surface area contributed by atoms with Gasteiger partial charge in [-0.1, -0.05) is 167 Å². The van der Waals surface area contributed by atoms with Crippen molar-refractivity contribution in [2.75, 3.05) is 0 Å². The summed E-state index contributed by atoms with van der Waals surface area (Å²) in [6, 6.07) is 65.2. The van der Waals surface area contributed by atoms with E-state index in [9.17, 15) is 0 Å². The number of nitrogens with zero attached hydrogens (tertiary/aromatic N) is 5. The average molecular weight is 1190 g/mol. The third kappa shape index (κ3) is 21.0. The molecular formula is C84H108N5+5. The molecule has 0 bridgehead atoms. The lowest BCUT2D eigenvalue weighted by atomic mass is 9.88. The van der Waals surface area contributed by atoms with E-state index >= 15 is 0 Å². The summed E-state index contributed by atoms with van der Waals surface area (Å²) in [5, 5.41) is 0. The minimum absolute atomic E-state index is 0.331. The summed E-state index contributed by atoms with van der Waals surface area (Å²) in [5.74, 6) is 1.97. The zero-order chi connectivity index (χ0) is 65.0. The standard InChI is InChI=1S/C18H24N.2C17H22N.2C16H20N/c1-14-8-6-7-9-16(14)17-11-10-15(13-19(17)5)12-18(2,3)4;1-13(2)11-15-9-10-18(4)17(12-15)16-8-6-5-7-14(16)3;1-13(2)11-15-9-10-17(18(4)12-15)16-8-6-5-7-14(16)3;1-12(2)14-9-10-17(4)16(11-14)15-8-6-5-7-13(15)3;1-4-7-14-10-11-16(17(3)12-14)15-9-6-5-8-13(15)2/h6-11,13H,12H2,1-5H3;2*5-10,12-13H,11H2,1-4H3;5-12H,1-4H3;5-6,8-12H,4,7H2,1-3H3/q5*+1. The van der Waals surface area contributed by atoms with Gasteiger partial charge in [-0.25, -0.2) is 22.8 Å². The van der Waals surface area contributed by atoms with Gasteiger partial charge in [0.25, 0.3) is 0 Å². The van der Waals surface area contributed by atoms with Gasteiger partial charge >= 0.3 is 0 Å². The molecule has 0 saturated heterocycles. The van der Waals surface area contributed by atoms with Gasteiger partial charge in [-0.3, -0.25) is 0 Å². The van der Waals surface area contributed by atoms with E-state index < -0.39 is 0 Å². The van der Waals surface area contributed by atoms with E-state index in [-0.39, 0.29) is 0 Å². The summed E-state index contributed by atoms with van der Waals surface area (Å²) >= 11 is 0. The molecular weight excluding hydrogens is 1080 g/mol. The van der Waals surface area contributed by atoms with Crippen LogP contribution in [0, 0.1) is 51.9 Å². The van der Waals surface area contributed by atoms with Crippen LogP contribution in [0.25, 0.3) is 56.3 Å². The van der Waals surface area contributed by atoms with Crippen LogP contribution in [0.15, 0.2) is 213 Å². The molecule has 89 heavy (non-hydrogen) atoms. The van der Waals surface area contributed by atoms with Crippen molar-refractivity contribution in [3.05, 3.63) is 269 Å². The molecule has 0 spiro atoms. The maximum atomic E-state index is 2.32. The highest BCUT2D eigenvalue weighted by atomic mass is 14.9. The number of hydrogen-bond donors (Lipinski definition) is 0. The minimum atomic E-state index is 0.331. The van der Waals surface area contributed by atoms with E-state index in [1.807, 2.05) is 0 Å². The van der Waals surface area contributed by atoms with Crippen LogP contribution in [0.4, 0.5) is 0 Å². The van der Waals surface area contributed by atoms with Gasteiger partial charge in [0.1, 0.15) is 35.2 Å². The third-order valence-corrected chi connectivity index (χ3v) is 16.3. The van der Waals surface area contributed by atoms with Crippen molar-refractivity contribution in [1.82, 2.24) is 0 Å². The van der Waals surface area contributed by atoms with E-state index in [2.05, 4.69) is 375 Å². The maximum absolute atomic E-state index is 2.32. The van der Waals surface area contributed by atoms with Crippen molar-refractivity contribution < 1.29 is 22.8 Å². The number of pyridine rings is 5. The van der Waals surface area contributed by atoms with Crippen molar-refractivity contribution >= 4 is 0 Å². The fourth-order valence-electron chi connectivity index (χ4n) is 11.6. The number of benzene rings is 5. The Morgan fingerprint density at radius 3 is 1.02 bits per heavy atom. The van der Waals surface area contributed by atoms with E-state index in [1.165, 1.54) is 118 Å². The molecule has 10 rings (SSSR count). The lowest BCUT2D eigenvalue weighted by Gasteiger charge is -2.17. The van der Waals surface area contributed by atoms with E-state index in [0.717, 1.165) is 25.7 Å². The van der Waals surface area contributed by atoms with Gasteiger partial charge in [0, 0.05) is 87.0 Å². The fourth-order valence-corrected chi connectivity index (χ4v) is 11.6. The highest BCUT2D eigenvalue weighted by Gasteiger charge is 2.19. The summed E-state index contributed by atoms with van der Waals surface area (Å²) in [6.45, 7) is 33.4. The third-order valence-electron chi connectivity index (χ3n) is 16.3. The highest BCUT2D eigenvalue weighted by Crippen LogP contribution is 2.27. The molecule has 464 valence electrons. The largest absolute Gasteiger partial charge is 0.212 e. The van der Waals surface area contributed by atoms with Crippen LogP contribution in [-0.4, -0.2) is 0 Å². The SMILES string of the molecule is CCCc1ccc(-c2ccccc2C)[n+](C)c1.Cc1ccccc1-c1cc(C(C)C)cc[n+]1C.Cc1ccccc1-c1cc(CC(C)C)cc[n+]1C.Cc1ccccc1-c1ccc(CC(C)(C)C)c[n+]1C.Cc1ccccc1-c1ccc(CC(C)C)c[n+]1C. The first-order valence-electron chi connectivity index (χ1n) is 32.6. The first-order valence-corrected chi connectivity index (χ1v) is 32.6. The Hall–Kier alpha value is -8.15. The molecule has 0 atom stereocenters. The lowest BCUT2D eigenvalue weighted by Crippen LogP contribution is -2.32. The normalized spacial score (nSPS) is 11.0. The number of hydrogen-bond acceptors (Lipinski definition) is 0. The van der Waals surface area contributed by atoms with Crippen molar-refractivity contribution in [1.29, 1.82) is 0 Å². The van der Waals surface area contributed by atoms with Crippen LogP contribution in [0.1, 0.15) is 137 Å². The van der Waals surface area contributed by atoms with Crippen LogP contribution in [0.3, 0.4) is 0 Å². The Kier molecular flexibility index (Phi) is 26.3. The summed E-state index contributed by atoms with van der Waals surface area (Å²) in [4.78, 5) is 0. The number of rotatable bonds is 13. The highest BCUT2D eigenvalue weighted by molar-refractivity contribution is 5.64. The second-order valence-corrected chi connectivity index (χ2v) is 27.0. The molecule has 0 N–H and O–H groups in total. The minimum Gasteiger partial charge on any atom is -0.201 e. The van der Waals surface area contributed by atoms with E-state index in [1.54, 1.807) is 0 Å². The Balaban J connectivity index is 0.000000177. The Morgan fingerprint density at radius 2 is 0.663 bits per heavy atom. The molecule has 0 unspecified atom stereocenters. The Labute approximate surface area is 539 Å². The summed E-state index contributed by atoms with van der Waals surface area (Å²) in [5.41, 5.74) is 27.0. The molecule has 5 nitrogen and oxygen atoms in total. The van der Waals surface area contributed by atoms with Gasteiger partial charge in [0.05, 0.1) is 0 Å². The molecule has 0 amide bonds. The quantitative estimate of drug-likeness (QED) is 0.103. The van der Waals surface area contributed by atoms with Gasteiger partial charge in [-0.05, 0) is 171 Å². The van der Waals surface area contributed by atoms with Crippen LogP contribution in [0.2, 0.25) is 0 Å². The number of aryl methyl sites for hydroxylation is 11. The van der Waals surface area contributed by atoms with Gasteiger partial charge in [0.15, 0.2) is 31.0 Å². The molecule has 5 aromatic heterocycles. The molecule has 5 aromatic carbocycles. The van der Waals surface area contributed by atoms with Crippen molar-refractivity contribution in [2.24, 2.45) is 52.5 Å². The lowest BCUT2D eigenvalue weighted by molar-refractivity contribution is -0.661. The molecule has 5 heteroatoms. The maximum Gasteiger partial charge on any atom is 0.212 e. The molecule has 0 aliphatic heterocycles. The molecule has 0 aliphatic carbocycles.